The van der Waals surface area contributed by atoms with E-state index in [1.54, 1.807) is 18.3 Å². The van der Waals surface area contributed by atoms with Gasteiger partial charge in [-0.1, -0.05) is 12.1 Å². The van der Waals surface area contributed by atoms with E-state index in [0.717, 1.165) is 5.56 Å². The van der Waals surface area contributed by atoms with E-state index >= 15 is 0 Å². The van der Waals surface area contributed by atoms with Gasteiger partial charge in [-0.3, -0.25) is 14.0 Å². The highest BCUT2D eigenvalue weighted by Gasteiger charge is 2.27. The molecule has 8 nitrogen and oxygen atoms in total. The minimum absolute atomic E-state index is 0.0603. The Morgan fingerprint density at radius 1 is 1.21 bits per heavy atom. The Kier molecular flexibility index (Phi) is 5.12. The first kappa shape index (κ1) is 19.1. The van der Waals surface area contributed by atoms with Crippen molar-refractivity contribution in [2.75, 3.05) is 7.11 Å². The van der Waals surface area contributed by atoms with Gasteiger partial charge in [0.25, 0.3) is 5.56 Å². The highest BCUT2D eigenvalue weighted by Crippen LogP contribution is 2.31. The third kappa shape index (κ3) is 3.57. The largest absolute Gasteiger partial charge is 0.493 e. The number of rotatable bonds is 5. The summed E-state index contributed by atoms with van der Waals surface area (Å²) in [6, 6.07) is 9.12. The quantitative estimate of drug-likeness (QED) is 0.649. The van der Waals surface area contributed by atoms with Crippen molar-refractivity contribution in [2.24, 2.45) is 0 Å². The molecule has 0 aliphatic carbocycles. The number of pyridine rings is 1. The van der Waals surface area contributed by atoms with Crippen LogP contribution < -0.4 is 5.56 Å². The summed E-state index contributed by atoms with van der Waals surface area (Å²) in [6.45, 7) is 1.83. The molecule has 0 amide bonds. The molecule has 0 unspecified atom stereocenters. The van der Waals surface area contributed by atoms with Gasteiger partial charge in [-0.2, -0.15) is 4.98 Å². The van der Waals surface area contributed by atoms with Crippen LogP contribution in [0, 0.1) is 6.92 Å². The van der Waals surface area contributed by atoms with Gasteiger partial charge in [0.2, 0.25) is 5.88 Å². The van der Waals surface area contributed by atoms with Crippen LogP contribution in [-0.4, -0.2) is 38.6 Å². The lowest BCUT2D eigenvalue weighted by Crippen LogP contribution is -2.24. The van der Waals surface area contributed by atoms with E-state index in [-0.39, 0.29) is 23.2 Å². The third-order valence-corrected chi connectivity index (χ3v) is 4.51. The lowest BCUT2D eigenvalue weighted by atomic mass is 9.89. The van der Waals surface area contributed by atoms with Gasteiger partial charge < -0.3 is 14.9 Å². The molecule has 0 spiro atoms. The number of carboxylic acid groups (broad SMARTS) is 1. The Labute approximate surface area is 159 Å². The van der Waals surface area contributed by atoms with E-state index < -0.39 is 29.3 Å². The predicted molar refractivity (Wildman–Crippen MR) is 99.7 cm³/mol. The van der Waals surface area contributed by atoms with E-state index in [9.17, 15) is 19.5 Å². The Morgan fingerprint density at radius 3 is 2.50 bits per heavy atom. The van der Waals surface area contributed by atoms with Crippen molar-refractivity contribution < 1.29 is 24.5 Å². The minimum Gasteiger partial charge on any atom is -0.493 e. The van der Waals surface area contributed by atoms with Gasteiger partial charge in [0.05, 0.1) is 24.7 Å². The third-order valence-electron chi connectivity index (χ3n) is 4.51. The standard InChI is InChI=1S/C20H18N2O6/c1-11-7-8-22-15(9-11)21-18(24)17(19(22)25)14(10-16(23)28-2)12-3-5-13(6-4-12)20(26)27/h3-9,14,24H,10H2,1-2H3,(H,26,27)/t14-/m0/s1. The van der Waals surface area contributed by atoms with E-state index in [1.165, 1.54) is 35.8 Å². The smallest absolute Gasteiger partial charge is 0.335 e. The number of fused-ring (bicyclic) bond motifs is 1. The molecular formula is C20H18N2O6. The monoisotopic (exact) mass is 382 g/mol. The number of ether oxygens (including phenoxy) is 1. The number of aromatic nitrogens is 2. The summed E-state index contributed by atoms with van der Waals surface area (Å²) in [4.78, 5) is 40.2. The van der Waals surface area contributed by atoms with Crippen molar-refractivity contribution in [3.8, 4) is 5.88 Å². The number of hydrogen-bond donors (Lipinski definition) is 2. The van der Waals surface area contributed by atoms with Gasteiger partial charge in [-0.25, -0.2) is 4.79 Å². The van der Waals surface area contributed by atoms with E-state index in [4.69, 9.17) is 9.84 Å². The molecule has 0 aliphatic rings. The van der Waals surface area contributed by atoms with Crippen LogP contribution in [0.4, 0.5) is 0 Å². The van der Waals surface area contributed by atoms with Crippen LogP contribution in [0.25, 0.3) is 5.65 Å². The predicted octanol–water partition coefficient (Wildman–Crippen LogP) is 2.10. The molecule has 28 heavy (non-hydrogen) atoms. The molecule has 144 valence electrons. The first-order valence-corrected chi connectivity index (χ1v) is 8.43. The molecule has 3 aromatic rings. The summed E-state index contributed by atoms with van der Waals surface area (Å²) >= 11 is 0. The van der Waals surface area contributed by atoms with Crippen molar-refractivity contribution in [3.05, 3.63) is 75.2 Å². The Morgan fingerprint density at radius 2 is 1.89 bits per heavy atom. The van der Waals surface area contributed by atoms with Crippen LogP contribution in [-0.2, 0) is 9.53 Å². The number of nitrogens with zero attached hydrogens (tertiary/aromatic N) is 2. The normalized spacial score (nSPS) is 11.9. The summed E-state index contributed by atoms with van der Waals surface area (Å²) in [5.74, 6) is -3.01. The fourth-order valence-electron chi connectivity index (χ4n) is 3.04. The van der Waals surface area contributed by atoms with Gasteiger partial charge in [-0.15, -0.1) is 0 Å². The molecule has 2 N–H and O–H groups in total. The van der Waals surface area contributed by atoms with Crippen molar-refractivity contribution >= 4 is 17.6 Å². The second-order valence-electron chi connectivity index (χ2n) is 6.35. The zero-order valence-corrected chi connectivity index (χ0v) is 15.2. The fourth-order valence-corrected chi connectivity index (χ4v) is 3.04. The topological polar surface area (TPSA) is 118 Å². The average Bonchev–Trinajstić information content (AvgIpc) is 2.66. The van der Waals surface area contributed by atoms with Crippen molar-refractivity contribution in [3.63, 3.8) is 0 Å². The molecule has 8 heteroatoms. The number of hydrogen-bond acceptors (Lipinski definition) is 6. The van der Waals surface area contributed by atoms with E-state index in [2.05, 4.69) is 4.98 Å². The number of carbonyl (C=O) groups excluding carboxylic acids is 1. The molecule has 0 fully saturated rings. The number of benzene rings is 1. The Hall–Kier alpha value is -3.68. The van der Waals surface area contributed by atoms with Crippen LogP contribution in [0.2, 0.25) is 0 Å². The molecular weight excluding hydrogens is 364 g/mol. The highest BCUT2D eigenvalue weighted by molar-refractivity contribution is 5.87. The van der Waals surface area contributed by atoms with Gasteiger partial charge >= 0.3 is 11.9 Å². The first-order chi connectivity index (χ1) is 13.3. The number of methoxy groups -OCH3 is 1. The number of aromatic carboxylic acids is 1. The van der Waals surface area contributed by atoms with E-state index in [0.29, 0.717) is 5.56 Å². The second kappa shape index (κ2) is 7.51. The molecule has 0 radical (unpaired) electrons. The van der Waals surface area contributed by atoms with Gasteiger partial charge in [0, 0.05) is 12.1 Å². The average molecular weight is 382 g/mol. The van der Waals surface area contributed by atoms with Gasteiger partial charge in [0.15, 0.2) is 0 Å². The van der Waals surface area contributed by atoms with E-state index in [1.807, 2.05) is 6.92 Å². The molecule has 1 atom stereocenters. The van der Waals surface area contributed by atoms with Crippen molar-refractivity contribution in [1.29, 1.82) is 0 Å². The molecule has 0 saturated carbocycles. The molecule has 2 heterocycles. The van der Waals surface area contributed by atoms with Crippen LogP contribution in [0.15, 0.2) is 47.4 Å². The number of aryl methyl sites for hydroxylation is 1. The summed E-state index contributed by atoms with van der Waals surface area (Å²) in [5.41, 5.74) is 1.12. The summed E-state index contributed by atoms with van der Waals surface area (Å²) in [7, 11) is 1.22. The van der Waals surface area contributed by atoms with Crippen LogP contribution in [0.3, 0.4) is 0 Å². The fraction of sp³-hybridized carbons (Fsp3) is 0.200. The molecule has 0 bridgehead atoms. The summed E-state index contributed by atoms with van der Waals surface area (Å²) in [5, 5.41) is 19.5. The lowest BCUT2D eigenvalue weighted by Gasteiger charge is -2.18. The summed E-state index contributed by atoms with van der Waals surface area (Å²) < 4.78 is 6.01. The number of esters is 1. The number of carboxylic acids is 1. The molecule has 0 aliphatic heterocycles. The minimum atomic E-state index is -1.10. The SMILES string of the molecule is COC(=O)C[C@@H](c1ccc(C(=O)O)cc1)c1c(O)nc2cc(C)ccn2c1=O. The molecule has 2 aromatic heterocycles. The maximum absolute atomic E-state index is 13.0. The second-order valence-corrected chi connectivity index (χ2v) is 6.35. The Bertz CT molecular complexity index is 1120. The first-order valence-electron chi connectivity index (χ1n) is 8.43. The number of aromatic hydroxyl groups is 1. The van der Waals surface area contributed by atoms with Gasteiger partial charge in [-0.05, 0) is 42.3 Å². The number of carbonyl (C=O) groups is 2. The lowest BCUT2D eigenvalue weighted by molar-refractivity contribution is -0.140. The summed E-state index contributed by atoms with van der Waals surface area (Å²) in [6.07, 6.45) is 1.33. The highest BCUT2D eigenvalue weighted by atomic mass is 16.5. The maximum Gasteiger partial charge on any atom is 0.335 e. The van der Waals surface area contributed by atoms with Crippen LogP contribution in [0.1, 0.15) is 39.4 Å². The molecule has 3 rings (SSSR count). The van der Waals surface area contributed by atoms with Crippen molar-refractivity contribution in [1.82, 2.24) is 9.38 Å². The maximum atomic E-state index is 13.0. The van der Waals surface area contributed by atoms with Crippen LogP contribution >= 0.6 is 0 Å². The molecule has 1 aromatic carbocycles. The van der Waals surface area contributed by atoms with Gasteiger partial charge in [0.1, 0.15) is 5.65 Å². The zero-order valence-electron chi connectivity index (χ0n) is 15.2. The van der Waals surface area contributed by atoms with Crippen molar-refractivity contribution in [2.45, 2.75) is 19.3 Å². The Balaban J connectivity index is 2.20. The van der Waals surface area contributed by atoms with Crippen LogP contribution in [0.5, 0.6) is 5.88 Å². The molecule has 0 saturated heterocycles. The zero-order chi connectivity index (χ0) is 20.4.